The van der Waals surface area contributed by atoms with Crippen molar-refractivity contribution in [2.45, 2.75) is 83.0 Å². The van der Waals surface area contributed by atoms with Crippen molar-refractivity contribution in [1.82, 2.24) is 0 Å². The number of hydrogen-bond acceptors (Lipinski definition) is 3. The summed E-state index contributed by atoms with van der Waals surface area (Å²) < 4.78 is 32.7. The fourth-order valence-corrected chi connectivity index (χ4v) is 6.39. The van der Waals surface area contributed by atoms with E-state index in [-0.39, 0.29) is 6.29 Å². The van der Waals surface area contributed by atoms with E-state index in [1.54, 1.807) is 12.1 Å². The van der Waals surface area contributed by atoms with Crippen LogP contribution in [-0.4, -0.2) is 21.7 Å². The van der Waals surface area contributed by atoms with Gasteiger partial charge in [-0.1, -0.05) is 64.5 Å². The zero-order chi connectivity index (χ0) is 21.1. The van der Waals surface area contributed by atoms with E-state index in [1.807, 2.05) is 12.1 Å². The first-order valence-corrected chi connectivity index (χ1v) is 13.1. The molecule has 2 saturated carbocycles. The van der Waals surface area contributed by atoms with E-state index in [0.29, 0.717) is 29.3 Å². The molecular formula is C25H38O4S. The molecule has 0 amide bonds. The third-order valence-electron chi connectivity index (χ3n) is 8.31. The van der Waals surface area contributed by atoms with Gasteiger partial charge in [0.15, 0.2) is 17.4 Å². The highest BCUT2D eigenvalue weighted by molar-refractivity contribution is 7.79. The number of rotatable bonds is 8. The molecule has 3 fully saturated rings. The molecule has 1 saturated heterocycles. The van der Waals surface area contributed by atoms with Crippen molar-refractivity contribution < 1.29 is 18.2 Å². The Bertz CT molecular complexity index is 702. The maximum atomic E-state index is 11.1. The zero-order valence-electron chi connectivity index (χ0n) is 18.5. The third kappa shape index (κ3) is 5.17. The fourth-order valence-electron chi connectivity index (χ4n) is 6.03. The predicted octanol–water partition coefficient (Wildman–Crippen LogP) is 6.03. The van der Waals surface area contributed by atoms with Gasteiger partial charge in [0, 0.05) is 5.92 Å². The maximum absolute atomic E-state index is 11.1. The van der Waals surface area contributed by atoms with Crippen molar-refractivity contribution in [3.63, 3.8) is 0 Å². The number of fused-ring (bicyclic) bond motifs is 1. The summed E-state index contributed by atoms with van der Waals surface area (Å²) in [6.45, 7) is 6.09. The van der Waals surface area contributed by atoms with Crippen molar-refractivity contribution in [1.29, 1.82) is 0 Å². The Labute approximate surface area is 184 Å². The molecule has 1 N–H and O–H groups in total. The van der Waals surface area contributed by atoms with Crippen LogP contribution in [0.25, 0.3) is 0 Å². The standard InChI is InChI=1S/C25H38O4S/c1-17(20-5-3-6-20)9-12-21-7-4-8-23-18(2)25(29-16-24(21)23)28-15-19-10-13-22(14-11-19)30(26)27/h10-11,13-14,17-18,20-21,23-25H,3-9,12,15-16H2,1-2H3,(H,26,27)/t17?,18-,21-,23+,24?,25+/m1/s1. The molecule has 0 spiro atoms. The van der Waals surface area contributed by atoms with Crippen LogP contribution in [0, 0.1) is 35.5 Å². The SMILES string of the molecule is CC(CC[C@H]1CCC[C@@H]2C1CO[C@H](OCc1ccc(S(=O)O)cc1)[C@@H]2C)C1CCC1. The minimum absolute atomic E-state index is 0.148. The number of hydrogen-bond donors (Lipinski definition) is 1. The van der Waals surface area contributed by atoms with Crippen LogP contribution in [0.15, 0.2) is 29.2 Å². The van der Waals surface area contributed by atoms with Gasteiger partial charge in [-0.15, -0.1) is 0 Å². The Kier molecular flexibility index (Phi) is 7.66. The fraction of sp³-hybridized carbons (Fsp3) is 0.760. The Morgan fingerprint density at radius 3 is 2.53 bits per heavy atom. The summed E-state index contributed by atoms with van der Waals surface area (Å²) in [5, 5.41) is 0. The molecule has 7 atom stereocenters. The molecule has 3 aliphatic rings. The minimum atomic E-state index is -1.93. The van der Waals surface area contributed by atoms with Crippen molar-refractivity contribution in [2.24, 2.45) is 35.5 Å². The van der Waals surface area contributed by atoms with Gasteiger partial charge in [0.05, 0.1) is 18.1 Å². The normalized spacial score (nSPS) is 34.0. The van der Waals surface area contributed by atoms with Gasteiger partial charge in [-0.2, -0.15) is 0 Å². The maximum Gasteiger partial charge on any atom is 0.186 e. The molecular weight excluding hydrogens is 396 g/mol. The second-order valence-electron chi connectivity index (χ2n) is 10.0. The van der Waals surface area contributed by atoms with Gasteiger partial charge >= 0.3 is 0 Å². The van der Waals surface area contributed by atoms with Crippen molar-refractivity contribution in [3.05, 3.63) is 29.8 Å². The molecule has 0 radical (unpaired) electrons. The first kappa shape index (κ1) is 22.4. The Balaban J connectivity index is 1.28. The van der Waals surface area contributed by atoms with E-state index in [0.717, 1.165) is 29.9 Å². The molecule has 4 rings (SSSR count). The second kappa shape index (κ2) is 10.2. The van der Waals surface area contributed by atoms with Crippen LogP contribution >= 0.6 is 0 Å². The van der Waals surface area contributed by atoms with Crippen molar-refractivity contribution >= 4 is 11.1 Å². The molecule has 1 heterocycles. The van der Waals surface area contributed by atoms with Crippen LogP contribution < -0.4 is 0 Å². The zero-order valence-corrected chi connectivity index (χ0v) is 19.3. The van der Waals surface area contributed by atoms with Crippen molar-refractivity contribution in [2.75, 3.05) is 6.61 Å². The van der Waals surface area contributed by atoms with Crippen molar-refractivity contribution in [3.8, 4) is 0 Å². The van der Waals surface area contributed by atoms with Gasteiger partial charge in [0.2, 0.25) is 0 Å². The van der Waals surface area contributed by atoms with E-state index in [4.69, 9.17) is 14.0 Å². The monoisotopic (exact) mass is 434 g/mol. The van der Waals surface area contributed by atoms with E-state index >= 15 is 0 Å². The molecule has 0 bridgehead atoms. The van der Waals surface area contributed by atoms with Crippen LogP contribution in [0.3, 0.4) is 0 Å². The number of benzene rings is 1. The van der Waals surface area contributed by atoms with Crippen LogP contribution in [0.2, 0.25) is 0 Å². The summed E-state index contributed by atoms with van der Waals surface area (Å²) in [6, 6.07) is 7.10. The molecule has 3 unspecified atom stereocenters. The van der Waals surface area contributed by atoms with E-state index < -0.39 is 11.1 Å². The lowest BCUT2D eigenvalue weighted by Crippen LogP contribution is -2.46. The summed E-state index contributed by atoms with van der Waals surface area (Å²) >= 11 is -1.93. The average Bonchev–Trinajstić information content (AvgIpc) is 2.71. The molecule has 168 valence electrons. The van der Waals surface area contributed by atoms with Gasteiger partial charge in [0.1, 0.15) is 0 Å². The van der Waals surface area contributed by atoms with E-state index in [9.17, 15) is 4.21 Å². The lowest BCUT2D eigenvalue weighted by atomic mass is 9.64. The molecule has 1 aromatic carbocycles. The van der Waals surface area contributed by atoms with E-state index in [1.165, 1.54) is 51.4 Å². The molecule has 4 nitrogen and oxygen atoms in total. The molecule has 0 aromatic heterocycles. The van der Waals surface area contributed by atoms with Gasteiger partial charge in [0.25, 0.3) is 0 Å². The predicted molar refractivity (Wildman–Crippen MR) is 119 cm³/mol. The molecule has 30 heavy (non-hydrogen) atoms. The Hall–Kier alpha value is -0.750. The van der Waals surface area contributed by atoms with Crippen LogP contribution in [0.1, 0.15) is 70.8 Å². The molecule has 1 aliphatic heterocycles. The van der Waals surface area contributed by atoms with Crippen LogP contribution in [0.5, 0.6) is 0 Å². The Morgan fingerprint density at radius 1 is 1.13 bits per heavy atom. The highest BCUT2D eigenvalue weighted by Crippen LogP contribution is 2.47. The second-order valence-corrected chi connectivity index (χ2v) is 11.0. The molecule has 1 aromatic rings. The summed E-state index contributed by atoms with van der Waals surface area (Å²) in [4.78, 5) is 0.420. The van der Waals surface area contributed by atoms with Crippen LogP contribution in [-0.2, 0) is 27.2 Å². The highest BCUT2D eigenvalue weighted by Gasteiger charge is 2.43. The average molecular weight is 435 g/mol. The van der Waals surface area contributed by atoms with E-state index in [2.05, 4.69) is 13.8 Å². The Morgan fingerprint density at radius 2 is 1.87 bits per heavy atom. The highest BCUT2D eigenvalue weighted by atomic mass is 32.2. The quantitative estimate of drug-likeness (QED) is 0.508. The molecule has 2 aliphatic carbocycles. The third-order valence-corrected chi connectivity index (χ3v) is 8.99. The first-order chi connectivity index (χ1) is 14.5. The minimum Gasteiger partial charge on any atom is -0.352 e. The van der Waals surface area contributed by atoms with Gasteiger partial charge in [-0.3, -0.25) is 0 Å². The molecule has 5 heteroatoms. The smallest absolute Gasteiger partial charge is 0.186 e. The number of ether oxygens (including phenoxy) is 2. The topological polar surface area (TPSA) is 55.8 Å². The summed E-state index contributed by atoms with van der Waals surface area (Å²) in [5.41, 5.74) is 1.01. The summed E-state index contributed by atoms with van der Waals surface area (Å²) in [7, 11) is 0. The lowest BCUT2D eigenvalue weighted by molar-refractivity contribution is -0.237. The lowest BCUT2D eigenvalue weighted by Gasteiger charge is -2.47. The van der Waals surface area contributed by atoms with Gasteiger partial charge in [-0.25, -0.2) is 4.21 Å². The first-order valence-electron chi connectivity index (χ1n) is 12.0. The summed E-state index contributed by atoms with van der Waals surface area (Å²) in [5.74, 6) is 4.53. The van der Waals surface area contributed by atoms with Gasteiger partial charge < -0.3 is 14.0 Å². The van der Waals surface area contributed by atoms with Gasteiger partial charge in [-0.05, 0) is 60.1 Å². The summed E-state index contributed by atoms with van der Waals surface area (Å²) in [6.07, 6.45) is 11.0. The largest absolute Gasteiger partial charge is 0.352 e. The van der Waals surface area contributed by atoms with Crippen LogP contribution in [0.4, 0.5) is 0 Å².